The molecule has 0 aliphatic rings. The smallest absolute Gasteiger partial charge is 0.161 e. The maximum Gasteiger partial charge on any atom is 0.161 e. The van der Waals surface area contributed by atoms with Crippen LogP contribution in [0.25, 0.3) is 0 Å². The van der Waals surface area contributed by atoms with Gasteiger partial charge in [-0.2, -0.15) is 0 Å². The number of rotatable bonds is 4. The van der Waals surface area contributed by atoms with E-state index in [1.54, 1.807) is 6.07 Å². The Labute approximate surface area is 125 Å². The minimum atomic E-state index is -0.0134. The van der Waals surface area contributed by atoms with Gasteiger partial charge in [-0.15, -0.1) is 0 Å². The van der Waals surface area contributed by atoms with Gasteiger partial charge in [0.1, 0.15) is 0 Å². The topological polar surface area (TPSA) is 20.3 Å². The number of hydrogen-bond acceptors (Lipinski definition) is 2. The van der Waals surface area contributed by atoms with E-state index in [4.69, 9.17) is 11.6 Å². The molecule has 2 aromatic carbocycles. The zero-order valence-electron chi connectivity index (χ0n) is 12.0. The van der Waals surface area contributed by atoms with E-state index in [-0.39, 0.29) is 5.78 Å². The number of benzene rings is 2. The molecule has 0 bridgehead atoms. The number of halogens is 1. The van der Waals surface area contributed by atoms with Gasteiger partial charge in [-0.25, -0.2) is 0 Å². The fourth-order valence-corrected chi connectivity index (χ4v) is 2.62. The van der Waals surface area contributed by atoms with Crippen molar-refractivity contribution < 1.29 is 4.79 Å². The Hall–Kier alpha value is -1.80. The van der Waals surface area contributed by atoms with Crippen LogP contribution >= 0.6 is 11.6 Å². The lowest BCUT2D eigenvalue weighted by Gasteiger charge is -2.25. The molecule has 0 spiro atoms. The first-order chi connectivity index (χ1) is 9.54. The zero-order chi connectivity index (χ0) is 14.7. The average Bonchev–Trinajstić information content (AvgIpc) is 2.41. The summed E-state index contributed by atoms with van der Waals surface area (Å²) in [4.78, 5) is 13.6. The van der Waals surface area contributed by atoms with Crippen molar-refractivity contribution in [2.24, 2.45) is 0 Å². The third-order valence-corrected chi connectivity index (χ3v) is 3.68. The summed E-state index contributed by atoms with van der Waals surface area (Å²) >= 11 is 6.21. The van der Waals surface area contributed by atoms with Gasteiger partial charge in [-0.1, -0.05) is 29.8 Å². The molecule has 0 saturated heterocycles. The molecule has 2 aromatic rings. The van der Waals surface area contributed by atoms with E-state index in [0.29, 0.717) is 10.6 Å². The second kappa shape index (κ2) is 6.10. The maximum atomic E-state index is 11.4. The Morgan fingerprint density at radius 1 is 1.20 bits per heavy atom. The molecule has 0 aliphatic heterocycles. The summed E-state index contributed by atoms with van der Waals surface area (Å²) < 4.78 is 0. The fourth-order valence-electron chi connectivity index (χ4n) is 2.32. The van der Waals surface area contributed by atoms with Crippen LogP contribution in [-0.4, -0.2) is 12.3 Å². The average molecular weight is 288 g/mol. The van der Waals surface area contributed by atoms with Crippen LogP contribution in [0.5, 0.6) is 0 Å². The largest absolute Gasteiger partial charge is 0.342 e. The number of aryl methyl sites for hydroxylation is 1. The van der Waals surface area contributed by atoms with Crippen molar-refractivity contribution in [1.82, 2.24) is 0 Å². The summed E-state index contributed by atoms with van der Waals surface area (Å²) in [6.45, 7) is 6.54. The standard InChI is InChI=1S/C17H18ClNO/c1-4-19(17-8-6-5-7-12(17)2)14-9-10-15(13(3)20)16(18)11-14/h5-11H,4H2,1-3H3. The van der Waals surface area contributed by atoms with E-state index >= 15 is 0 Å². The van der Waals surface area contributed by atoms with Gasteiger partial charge >= 0.3 is 0 Å². The van der Waals surface area contributed by atoms with Crippen LogP contribution in [0.4, 0.5) is 11.4 Å². The van der Waals surface area contributed by atoms with Crippen molar-refractivity contribution in [3.8, 4) is 0 Å². The molecule has 0 heterocycles. The van der Waals surface area contributed by atoms with Gasteiger partial charge in [0.2, 0.25) is 0 Å². The first-order valence-corrected chi connectivity index (χ1v) is 7.06. The van der Waals surface area contributed by atoms with Crippen LogP contribution < -0.4 is 4.90 Å². The van der Waals surface area contributed by atoms with Crippen LogP contribution in [0.2, 0.25) is 5.02 Å². The van der Waals surface area contributed by atoms with Crippen molar-refractivity contribution >= 4 is 28.8 Å². The van der Waals surface area contributed by atoms with E-state index < -0.39 is 0 Å². The first-order valence-electron chi connectivity index (χ1n) is 6.68. The van der Waals surface area contributed by atoms with Gasteiger partial charge in [-0.05, 0) is 50.6 Å². The number of hydrogen-bond donors (Lipinski definition) is 0. The fraction of sp³-hybridized carbons (Fsp3) is 0.235. The highest BCUT2D eigenvalue weighted by Gasteiger charge is 2.12. The number of anilines is 2. The number of carbonyl (C=O) groups excluding carboxylic acids is 1. The van der Waals surface area contributed by atoms with E-state index in [9.17, 15) is 4.79 Å². The van der Waals surface area contributed by atoms with Gasteiger partial charge in [0.05, 0.1) is 5.02 Å². The minimum absolute atomic E-state index is 0.0134. The molecular weight excluding hydrogens is 270 g/mol. The number of ketones is 1. The lowest BCUT2D eigenvalue weighted by Crippen LogP contribution is -2.17. The van der Waals surface area contributed by atoms with E-state index in [1.807, 2.05) is 24.3 Å². The van der Waals surface area contributed by atoms with Crippen molar-refractivity contribution in [3.63, 3.8) is 0 Å². The van der Waals surface area contributed by atoms with E-state index in [0.717, 1.165) is 17.9 Å². The predicted molar refractivity (Wildman–Crippen MR) is 85.3 cm³/mol. The van der Waals surface area contributed by atoms with Crippen LogP contribution in [0.3, 0.4) is 0 Å². The summed E-state index contributed by atoms with van der Waals surface area (Å²) in [5.74, 6) is -0.0134. The molecule has 0 atom stereocenters. The quantitative estimate of drug-likeness (QED) is 0.737. The highest BCUT2D eigenvalue weighted by molar-refractivity contribution is 6.34. The number of Topliss-reactive ketones (excluding diaryl/α,β-unsaturated/α-hetero) is 1. The van der Waals surface area contributed by atoms with Crippen molar-refractivity contribution in [1.29, 1.82) is 0 Å². The van der Waals surface area contributed by atoms with Crippen molar-refractivity contribution in [2.75, 3.05) is 11.4 Å². The normalized spacial score (nSPS) is 10.4. The van der Waals surface area contributed by atoms with Gasteiger partial charge in [0.25, 0.3) is 0 Å². The molecule has 0 aromatic heterocycles. The van der Waals surface area contributed by atoms with Crippen LogP contribution in [0, 0.1) is 6.92 Å². The molecular formula is C17H18ClNO. The minimum Gasteiger partial charge on any atom is -0.342 e. The van der Waals surface area contributed by atoms with E-state index in [2.05, 4.69) is 30.9 Å². The molecule has 2 nitrogen and oxygen atoms in total. The van der Waals surface area contributed by atoms with Crippen LogP contribution in [0.1, 0.15) is 29.8 Å². The number of carbonyl (C=O) groups is 1. The highest BCUT2D eigenvalue weighted by atomic mass is 35.5. The van der Waals surface area contributed by atoms with Gasteiger partial charge in [0, 0.05) is 23.5 Å². The van der Waals surface area contributed by atoms with Crippen LogP contribution in [-0.2, 0) is 0 Å². The predicted octanol–water partition coefficient (Wildman–Crippen LogP) is 5.01. The Balaban J connectivity index is 2.46. The Kier molecular flexibility index (Phi) is 4.46. The molecule has 0 unspecified atom stereocenters. The van der Waals surface area contributed by atoms with Gasteiger partial charge in [0.15, 0.2) is 5.78 Å². The molecule has 104 valence electrons. The second-order valence-electron chi connectivity index (χ2n) is 4.75. The first kappa shape index (κ1) is 14.6. The summed E-state index contributed by atoms with van der Waals surface area (Å²) in [6, 6.07) is 13.8. The SMILES string of the molecule is CCN(c1ccc(C(C)=O)c(Cl)c1)c1ccccc1C. The summed E-state index contributed by atoms with van der Waals surface area (Å²) in [6.07, 6.45) is 0. The second-order valence-corrected chi connectivity index (χ2v) is 5.16. The molecule has 3 heteroatoms. The highest BCUT2D eigenvalue weighted by Crippen LogP contribution is 2.31. The third kappa shape index (κ3) is 2.86. The number of para-hydroxylation sites is 1. The Morgan fingerprint density at radius 2 is 1.90 bits per heavy atom. The molecule has 0 amide bonds. The summed E-state index contributed by atoms with van der Waals surface area (Å²) in [5.41, 5.74) is 3.93. The molecule has 0 saturated carbocycles. The molecule has 2 rings (SSSR count). The van der Waals surface area contributed by atoms with Crippen LogP contribution in [0.15, 0.2) is 42.5 Å². The molecule has 0 N–H and O–H groups in total. The Morgan fingerprint density at radius 3 is 2.45 bits per heavy atom. The van der Waals surface area contributed by atoms with Crippen molar-refractivity contribution in [2.45, 2.75) is 20.8 Å². The van der Waals surface area contributed by atoms with Gasteiger partial charge in [-0.3, -0.25) is 4.79 Å². The zero-order valence-corrected chi connectivity index (χ0v) is 12.7. The summed E-state index contributed by atoms with van der Waals surface area (Å²) in [5, 5.41) is 0.502. The lowest BCUT2D eigenvalue weighted by atomic mass is 10.1. The maximum absolute atomic E-state index is 11.4. The van der Waals surface area contributed by atoms with Crippen molar-refractivity contribution in [3.05, 3.63) is 58.6 Å². The van der Waals surface area contributed by atoms with Gasteiger partial charge < -0.3 is 4.90 Å². The van der Waals surface area contributed by atoms with E-state index in [1.165, 1.54) is 12.5 Å². The molecule has 20 heavy (non-hydrogen) atoms. The molecule has 0 aliphatic carbocycles. The third-order valence-electron chi connectivity index (χ3n) is 3.37. The molecule has 0 radical (unpaired) electrons. The number of nitrogens with zero attached hydrogens (tertiary/aromatic N) is 1. The Bertz CT molecular complexity index is 637. The summed E-state index contributed by atoms with van der Waals surface area (Å²) in [7, 11) is 0. The molecule has 0 fully saturated rings. The lowest BCUT2D eigenvalue weighted by molar-refractivity contribution is 0.101. The monoisotopic (exact) mass is 287 g/mol.